The molecule has 0 atom stereocenters. The molecule has 0 spiro atoms. The molecule has 17 heavy (non-hydrogen) atoms. The van der Waals surface area contributed by atoms with Gasteiger partial charge in [-0.2, -0.15) is 0 Å². The summed E-state index contributed by atoms with van der Waals surface area (Å²) < 4.78 is 6.71. The predicted molar refractivity (Wildman–Crippen MR) is 74.2 cm³/mol. The maximum Gasteiger partial charge on any atom is 0.316 e. The van der Waals surface area contributed by atoms with Gasteiger partial charge in [-0.3, -0.25) is 4.79 Å². The molecule has 90 valence electrons. The summed E-state index contributed by atoms with van der Waals surface area (Å²) in [6.45, 7) is 0. The average Bonchev–Trinajstić information content (AvgIpc) is 2.68. The van der Waals surface area contributed by atoms with E-state index in [2.05, 4.69) is 15.9 Å². The number of carbonyl (C=O) groups excluding carboxylic acids is 1. The van der Waals surface area contributed by atoms with E-state index < -0.39 is 5.41 Å². The Labute approximate surface area is 115 Å². The molecule has 1 aromatic heterocycles. The molecule has 5 heteroatoms. The minimum atomic E-state index is -0.486. The first-order chi connectivity index (χ1) is 8.10. The van der Waals surface area contributed by atoms with E-state index in [1.54, 1.807) is 0 Å². The summed E-state index contributed by atoms with van der Waals surface area (Å²) in [6.07, 6.45) is 5.04. The second-order valence-electron chi connectivity index (χ2n) is 4.47. The molecule has 0 saturated heterocycles. The van der Waals surface area contributed by atoms with Crippen LogP contribution < -0.4 is 4.78 Å². The number of esters is 1. The van der Waals surface area contributed by atoms with Crippen LogP contribution in [0.15, 0.2) is 9.85 Å². The molecule has 2 rings (SSSR count). The lowest BCUT2D eigenvalue weighted by molar-refractivity contribution is -0.149. The van der Waals surface area contributed by atoms with E-state index in [1.165, 1.54) is 24.9 Å². The number of thiophene rings is 1. The van der Waals surface area contributed by atoms with Crippen LogP contribution in [0.2, 0.25) is 0 Å². The van der Waals surface area contributed by atoms with Crippen molar-refractivity contribution in [1.82, 2.24) is 0 Å². The molecule has 1 aromatic rings. The van der Waals surface area contributed by atoms with Crippen LogP contribution in [0.25, 0.3) is 0 Å². The number of carbonyl (C=O) groups is 1. The van der Waals surface area contributed by atoms with Gasteiger partial charge in [-0.05, 0) is 39.1 Å². The minimum absolute atomic E-state index is 0.129. The van der Waals surface area contributed by atoms with E-state index in [4.69, 9.17) is 12.6 Å². The van der Waals surface area contributed by atoms with Gasteiger partial charge in [0.25, 0.3) is 0 Å². The highest BCUT2D eigenvalue weighted by Crippen LogP contribution is 2.44. The molecule has 0 bridgehead atoms. The lowest BCUT2D eigenvalue weighted by Gasteiger charge is -2.34. The summed E-state index contributed by atoms with van der Waals surface area (Å²) >= 11 is 4.99. The second-order valence-corrected chi connectivity index (χ2v) is 6.87. The van der Waals surface area contributed by atoms with Gasteiger partial charge in [0, 0.05) is 0 Å². The number of hydrogen-bond donors (Lipinski definition) is 0. The van der Waals surface area contributed by atoms with Crippen molar-refractivity contribution >= 4 is 45.9 Å². The molecule has 2 radical (unpaired) electrons. The third-order valence-electron chi connectivity index (χ3n) is 3.50. The molecule has 0 amide bonds. The number of halogens is 1. The zero-order valence-electron chi connectivity index (χ0n) is 9.79. The van der Waals surface area contributed by atoms with Gasteiger partial charge in [0.05, 0.1) is 16.3 Å². The minimum Gasteiger partial charge on any atom is -0.468 e. The third-order valence-corrected chi connectivity index (χ3v) is 5.17. The average molecular weight is 313 g/mol. The van der Waals surface area contributed by atoms with Crippen LogP contribution in [0.1, 0.15) is 37.7 Å². The summed E-state index contributed by atoms with van der Waals surface area (Å²) in [5.74, 6) is -0.129. The lowest BCUT2D eigenvalue weighted by atomic mass is 9.70. The molecule has 1 fully saturated rings. The Balaban J connectivity index is 2.46. The maximum absolute atomic E-state index is 12.2. The van der Waals surface area contributed by atoms with Crippen molar-refractivity contribution in [3.63, 3.8) is 0 Å². The fourth-order valence-electron chi connectivity index (χ4n) is 2.65. The van der Waals surface area contributed by atoms with Crippen molar-refractivity contribution in [3.05, 3.63) is 15.4 Å². The first kappa shape index (κ1) is 13.2. The number of methoxy groups -OCH3 is 1. The molecular weight excluding hydrogens is 299 g/mol. The first-order valence-corrected chi connectivity index (χ1v) is 7.35. The summed E-state index contributed by atoms with van der Waals surface area (Å²) in [5, 5.41) is 0. The molecule has 0 unspecified atom stereocenters. The van der Waals surface area contributed by atoms with Crippen LogP contribution in [0, 0.1) is 0 Å². The monoisotopic (exact) mass is 312 g/mol. The first-order valence-electron chi connectivity index (χ1n) is 5.74. The zero-order chi connectivity index (χ0) is 12.5. The Kier molecular flexibility index (Phi) is 3.98. The van der Waals surface area contributed by atoms with E-state index >= 15 is 0 Å². The fourth-order valence-corrected chi connectivity index (χ4v) is 4.45. The van der Waals surface area contributed by atoms with Gasteiger partial charge in [0.1, 0.15) is 7.85 Å². The van der Waals surface area contributed by atoms with Gasteiger partial charge < -0.3 is 4.74 Å². The fraction of sp³-hybridized carbons (Fsp3) is 0.583. The molecular formula is C12H14BBrO2S. The van der Waals surface area contributed by atoms with E-state index in [0.717, 1.165) is 39.8 Å². The van der Waals surface area contributed by atoms with Gasteiger partial charge in [0.15, 0.2) is 0 Å². The Morgan fingerprint density at radius 2 is 2.12 bits per heavy atom. The van der Waals surface area contributed by atoms with Gasteiger partial charge in [-0.15, -0.1) is 11.3 Å². The normalized spacial score (nSPS) is 18.9. The summed E-state index contributed by atoms with van der Waals surface area (Å²) in [5.41, 5.74) is 0.520. The van der Waals surface area contributed by atoms with E-state index in [9.17, 15) is 4.79 Å². The Bertz CT molecular complexity index is 424. The van der Waals surface area contributed by atoms with Gasteiger partial charge in [0.2, 0.25) is 0 Å². The Hall–Kier alpha value is -0.285. The van der Waals surface area contributed by atoms with Gasteiger partial charge >= 0.3 is 5.97 Å². The van der Waals surface area contributed by atoms with Crippen LogP contribution in [0.5, 0.6) is 0 Å². The maximum atomic E-state index is 12.2. The van der Waals surface area contributed by atoms with Crippen molar-refractivity contribution in [2.75, 3.05) is 7.11 Å². The van der Waals surface area contributed by atoms with Crippen LogP contribution >= 0.6 is 27.3 Å². The topological polar surface area (TPSA) is 26.3 Å². The largest absolute Gasteiger partial charge is 0.468 e. The molecule has 0 aromatic carbocycles. The van der Waals surface area contributed by atoms with Gasteiger partial charge in [-0.25, -0.2) is 0 Å². The van der Waals surface area contributed by atoms with E-state index in [1.807, 2.05) is 6.07 Å². The molecule has 2 nitrogen and oxygen atoms in total. The van der Waals surface area contributed by atoms with Crippen molar-refractivity contribution in [1.29, 1.82) is 0 Å². The van der Waals surface area contributed by atoms with Gasteiger partial charge in [-0.1, -0.05) is 25.3 Å². The Morgan fingerprint density at radius 3 is 2.59 bits per heavy atom. The van der Waals surface area contributed by atoms with Crippen LogP contribution in [0.3, 0.4) is 0 Å². The van der Waals surface area contributed by atoms with Crippen LogP contribution in [-0.4, -0.2) is 20.9 Å². The second kappa shape index (κ2) is 5.15. The van der Waals surface area contributed by atoms with Crippen LogP contribution in [-0.2, 0) is 14.9 Å². The third kappa shape index (κ3) is 2.32. The number of rotatable bonds is 2. The van der Waals surface area contributed by atoms with Crippen molar-refractivity contribution in [2.24, 2.45) is 0 Å². The highest BCUT2D eigenvalue weighted by molar-refractivity contribution is 9.11. The molecule has 1 aliphatic carbocycles. The molecule has 0 N–H and O–H groups in total. The van der Waals surface area contributed by atoms with Crippen LogP contribution in [0.4, 0.5) is 0 Å². The highest BCUT2D eigenvalue weighted by atomic mass is 79.9. The highest BCUT2D eigenvalue weighted by Gasteiger charge is 2.44. The molecule has 0 aliphatic heterocycles. The quantitative estimate of drug-likeness (QED) is 0.620. The smallest absolute Gasteiger partial charge is 0.316 e. The van der Waals surface area contributed by atoms with Crippen molar-refractivity contribution in [3.8, 4) is 0 Å². The number of hydrogen-bond acceptors (Lipinski definition) is 3. The standard InChI is InChI=1S/C12H14BBrO2S/c1-16-11(15)12(5-3-2-4-6-12)8-7-9(13)17-10(8)14/h7H,2-6H2,1H3. The Morgan fingerprint density at radius 1 is 1.47 bits per heavy atom. The lowest BCUT2D eigenvalue weighted by Crippen LogP contribution is -2.39. The summed E-state index contributed by atoms with van der Waals surface area (Å²) in [7, 11) is 7.28. The number of ether oxygens (including phenoxy) is 1. The molecule has 1 aliphatic rings. The van der Waals surface area contributed by atoms with E-state index in [-0.39, 0.29) is 5.97 Å². The molecule has 1 saturated carbocycles. The SMILES string of the molecule is [B]c1cc(C2(C(=O)OC)CCCCC2)c(Br)s1. The predicted octanol–water partition coefficient (Wildman–Crippen LogP) is 2.68. The molecule has 1 heterocycles. The summed E-state index contributed by atoms with van der Waals surface area (Å²) in [6, 6.07) is 1.91. The zero-order valence-corrected chi connectivity index (χ0v) is 12.2. The van der Waals surface area contributed by atoms with E-state index in [0.29, 0.717) is 0 Å². The van der Waals surface area contributed by atoms with Crippen molar-refractivity contribution in [2.45, 2.75) is 37.5 Å². The van der Waals surface area contributed by atoms with Crippen molar-refractivity contribution < 1.29 is 9.53 Å². The summed E-state index contributed by atoms with van der Waals surface area (Å²) in [4.78, 5) is 12.2.